The molecule has 0 heterocycles. The monoisotopic (exact) mass is 275 g/mol. The minimum absolute atomic E-state index is 1.10. The summed E-state index contributed by atoms with van der Waals surface area (Å²) in [6, 6.07) is 10.6. The Bertz CT molecular complexity index is 491. The summed E-state index contributed by atoms with van der Waals surface area (Å²) in [6.07, 6.45) is 2.26. The van der Waals surface area contributed by atoms with Crippen LogP contribution in [0.2, 0.25) is 0 Å². The molecule has 0 unspecified atom stereocenters. The van der Waals surface area contributed by atoms with Crippen LogP contribution in [0.15, 0.2) is 34.8 Å². The molecule has 0 bridgehead atoms. The van der Waals surface area contributed by atoms with Gasteiger partial charge >= 0.3 is 0 Å². The first-order chi connectivity index (χ1) is 7.24. The predicted molar refractivity (Wildman–Crippen MR) is 71.0 cm³/mol. The largest absolute Gasteiger partial charge is 0.0725 e. The third-order valence-corrected chi connectivity index (χ3v) is 3.88. The molecule has 0 N–H and O–H groups in total. The van der Waals surface area contributed by atoms with Crippen molar-refractivity contribution in [1.82, 2.24) is 0 Å². The van der Waals surface area contributed by atoms with Crippen molar-refractivity contribution in [3.63, 3.8) is 0 Å². The van der Waals surface area contributed by atoms with E-state index in [2.05, 4.69) is 63.4 Å². The van der Waals surface area contributed by atoms with Gasteiger partial charge in [-0.3, -0.25) is 0 Å². The lowest BCUT2D eigenvalue weighted by molar-refractivity contribution is 0.924. The first kappa shape index (κ1) is 10.9. The maximum atomic E-state index is 3.76. The number of benzene rings is 2. The van der Waals surface area contributed by atoms with Gasteiger partial charge in [-0.15, -0.1) is 0 Å². The summed E-state index contributed by atoms with van der Waals surface area (Å²) in [6.45, 7) is 2.20. The maximum Gasteiger partial charge on any atom is 0.0725 e. The summed E-state index contributed by atoms with van der Waals surface area (Å²) in [7, 11) is 3.76. The van der Waals surface area contributed by atoms with Crippen molar-refractivity contribution in [2.45, 2.75) is 19.8 Å². The second-order valence-electron chi connectivity index (χ2n) is 3.68. The van der Waals surface area contributed by atoms with Gasteiger partial charge in [0.1, 0.15) is 0 Å². The highest BCUT2D eigenvalue weighted by Crippen LogP contribution is 2.23. The topological polar surface area (TPSA) is 0 Å². The van der Waals surface area contributed by atoms with Gasteiger partial charge in [0.2, 0.25) is 0 Å². The minimum Gasteiger partial charge on any atom is -0.0651 e. The molecule has 0 aliphatic rings. The Hall–Kier alpha value is -0.603. The predicted octanol–water partition coefficient (Wildman–Crippen LogP) is 3.35. The van der Waals surface area contributed by atoms with Gasteiger partial charge in [-0.25, -0.2) is 0 Å². The third-order valence-electron chi connectivity index (χ3n) is 2.60. The highest BCUT2D eigenvalue weighted by Gasteiger charge is 2.06. The summed E-state index contributed by atoms with van der Waals surface area (Å²) in [4.78, 5) is 0. The highest BCUT2D eigenvalue weighted by atomic mass is 79.9. The van der Waals surface area contributed by atoms with Crippen molar-refractivity contribution < 1.29 is 0 Å². The van der Waals surface area contributed by atoms with Crippen molar-refractivity contribution in [3.05, 3.63) is 40.4 Å². The van der Waals surface area contributed by atoms with Gasteiger partial charge in [-0.2, -0.15) is 0 Å². The van der Waals surface area contributed by atoms with Crippen LogP contribution in [0.5, 0.6) is 0 Å². The Balaban J connectivity index is 2.72. The molecular formula is C13H12BrSi. The number of fused-ring (bicyclic) bond motifs is 1. The fourth-order valence-electron chi connectivity index (χ4n) is 1.85. The van der Waals surface area contributed by atoms with Crippen LogP contribution in [0, 0.1) is 0 Å². The molecule has 0 nitrogen and oxygen atoms in total. The van der Waals surface area contributed by atoms with E-state index in [9.17, 15) is 0 Å². The smallest absolute Gasteiger partial charge is 0.0651 e. The van der Waals surface area contributed by atoms with Gasteiger partial charge in [0.15, 0.2) is 0 Å². The molecular weight excluding hydrogens is 264 g/mol. The van der Waals surface area contributed by atoms with E-state index in [-0.39, 0.29) is 0 Å². The Morgan fingerprint density at radius 2 is 2.00 bits per heavy atom. The van der Waals surface area contributed by atoms with Gasteiger partial charge in [0.25, 0.3) is 0 Å². The molecule has 2 aromatic rings. The average Bonchev–Trinajstić information content (AvgIpc) is 2.24. The van der Waals surface area contributed by atoms with Crippen LogP contribution in [0.1, 0.15) is 18.9 Å². The van der Waals surface area contributed by atoms with Crippen LogP contribution in [-0.2, 0) is 6.42 Å². The Morgan fingerprint density at radius 3 is 2.73 bits per heavy atom. The molecule has 0 amide bonds. The summed E-state index contributed by atoms with van der Waals surface area (Å²) in [5, 5.41) is 3.79. The summed E-state index contributed by atoms with van der Waals surface area (Å²) < 4.78 is 1.20. The average molecular weight is 276 g/mol. The zero-order valence-corrected chi connectivity index (χ0v) is 11.3. The molecule has 3 radical (unpaired) electrons. The Morgan fingerprint density at radius 1 is 1.27 bits per heavy atom. The van der Waals surface area contributed by atoms with Crippen molar-refractivity contribution in [2.24, 2.45) is 0 Å². The standard InChI is InChI=1S/C13H12BrSi/c1-2-5-11-12(14)8-9-6-3-4-7-10(9)13(11)15/h3-4,6-8H,2,5H2,1H3. The number of hydrogen-bond acceptors (Lipinski definition) is 0. The van der Waals surface area contributed by atoms with E-state index in [1.165, 1.54) is 26.0 Å². The molecule has 2 heteroatoms. The lowest BCUT2D eigenvalue weighted by Gasteiger charge is -2.11. The lowest BCUT2D eigenvalue weighted by atomic mass is 10.0. The van der Waals surface area contributed by atoms with Crippen molar-refractivity contribution in [3.8, 4) is 0 Å². The zero-order valence-electron chi connectivity index (χ0n) is 8.68. The number of rotatable bonds is 2. The van der Waals surface area contributed by atoms with Crippen LogP contribution in [-0.4, -0.2) is 10.2 Å². The normalized spacial score (nSPS) is 10.9. The van der Waals surface area contributed by atoms with Gasteiger partial charge in [0.05, 0.1) is 10.2 Å². The molecule has 15 heavy (non-hydrogen) atoms. The van der Waals surface area contributed by atoms with Crippen LogP contribution in [0.4, 0.5) is 0 Å². The van der Waals surface area contributed by atoms with Crippen molar-refractivity contribution in [1.29, 1.82) is 0 Å². The van der Waals surface area contributed by atoms with E-state index in [0.717, 1.165) is 12.8 Å². The maximum absolute atomic E-state index is 3.76. The number of halogens is 1. The van der Waals surface area contributed by atoms with Crippen molar-refractivity contribution >= 4 is 42.1 Å². The van der Waals surface area contributed by atoms with Gasteiger partial charge < -0.3 is 0 Å². The second kappa shape index (κ2) is 4.50. The fraction of sp³-hybridized carbons (Fsp3) is 0.231. The molecule has 0 aliphatic carbocycles. The van der Waals surface area contributed by atoms with Crippen LogP contribution >= 0.6 is 15.9 Å². The summed E-state index contributed by atoms with van der Waals surface area (Å²) >= 11 is 3.64. The van der Waals surface area contributed by atoms with E-state index in [1.807, 2.05) is 0 Å². The Kier molecular flexibility index (Phi) is 3.27. The first-order valence-electron chi connectivity index (χ1n) is 5.15. The SMILES string of the molecule is CCCc1c(Br)cc2ccccc2c1[Si]. The quantitative estimate of drug-likeness (QED) is 0.738. The molecule has 0 spiro atoms. The van der Waals surface area contributed by atoms with E-state index in [1.54, 1.807) is 0 Å². The lowest BCUT2D eigenvalue weighted by Crippen LogP contribution is -2.12. The number of hydrogen-bond donors (Lipinski definition) is 0. The third kappa shape index (κ3) is 2.01. The van der Waals surface area contributed by atoms with Gasteiger partial charge in [-0.1, -0.05) is 58.7 Å². The van der Waals surface area contributed by atoms with E-state index in [0.29, 0.717) is 0 Å². The van der Waals surface area contributed by atoms with Crippen LogP contribution in [0.3, 0.4) is 0 Å². The molecule has 0 fully saturated rings. The van der Waals surface area contributed by atoms with Crippen LogP contribution in [0.25, 0.3) is 10.8 Å². The Labute approximate surface area is 102 Å². The molecule has 2 aromatic carbocycles. The van der Waals surface area contributed by atoms with Gasteiger partial charge in [0, 0.05) is 4.47 Å². The molecule has 2 rings (SSSR count). The minimum atomic E-state index is 1.10. The zero-order chi connectivity index (χ0) is 10.8. The van der Waals surface area contributed by atoms with E-state index in [4.69, 9.17) is 0 Å². The van der Waals surface area contributed by atoms with E-state index >= 15 is 0 Å². The summed E-state index contributed by atoms with van der Waals surface area (Å²) in [5.41, 5.74) is 1.37. The van der Waals surface area contributed by atoms with Gasteiger partial charge in [-0.05, 0) is 28.8 Å². The molecule has 0 atom stereocenters. The second-order valence-corrected chi connectivity index (χ2v) is 5.04. The molecule has 0 aromatic heterocycles. The molecule has 0 saturated heterocycles. The van der Waals surface area contributed by atoms with Crippen LogP contribution < -0.4 is 5.19 Å². The molecule has 75 valence electrons. The molecule has 0 aliphatic heterocycles. The first-order valence-corrected chi connectivity index (χ1v) is 6.45. The van der Waals surface area contributed by atoms with E-state index < -0.39 is 0 Å². The fourth-order valence-corrected chi connectivity index (χ4v) is 3.16. The molecule has 0 saturated carbocycles. The summed E-state index contributed by atoms with van der Waals surface area (Å²) in [5.74, 6) is 0. The highest BCUT2D eigenvalue weighted by molar-refractivity contribution is 9.10. The van der Waals surface area contributed by atoms with Crippen molar-refractivity contribution in [2.75, 3.05) is 0 Å².